The van der Waals surface area contributed by atoms with E-state index in [2.05, 4.69) is 4.98 Å². The van der Waals surface area contributed by atoms with E-state index in [0.29, 0.717) is 31.5 Å². The lowest BCUT2D eigenvalue weighted by atomic mass is 9.78. The minimum absolute atomic E-state index is 0. The number of aromatic nitrogens is 1. The van der Waals surface area contributed by atoms with Gasteiger partial charge in [-0.05, 0) is 24.4 Å². The average Bonchev–Trinajstić information content (AvgIpc) is 3.17. The van der Waals surface area contributed by atoms with Gasteiger partial charge in [0.25, 0.3) is 0 Å². The fraction of sp³-hybridized carbons (Fsp3) is 0.353. The molecule has 0 spiro atoms. The van der Waals surface area contributed by atoms with Crippen LogP contribution in [0.15, 0.2) is 23.0 Å². The molecule has 1 aromatic heterocycles. The van der Waals surface area contributed by atoms with Gasteiger partial charge in [-0.25, -0.2) is 9.78 Å². The van der Waals surface area contributed by atoms with E-state index in [1.165, 1.54) is 11.3 Å². The van der Waals surface area contributed by atoms with E-state index in [4.69, 9.17) is 15.1 Å². The van der Waals surface area contributed by atoms with Gasteiger partial charge in [0, 0.05) is 5.38 Å². The van der Waals surface area contributed by atoms with Crippen molar-refractivity contribution in [3.05, 3.63) is 39.8 Å². The van der Waals surface area contributed by atoms with Crippen molar-refractivity contribution in [2.24, 2.45) is 5.73 Å². The van der Waals surface area contributed by atoms with Crippen LogP contribution in [-0.2, 0) is 11.2 Å². The van der Waals surface area contributed by atoms with Crippen molar-refractivity contribution in [2.75, 3.05) is 13.1 Å². The number of carbonyl (C=O) groups excluding carboxylic acids is 1. The number of hydrogen-bond donors (Lipinski definition) is 3. The lowest BCUT2D eigenvalue weighted by molar-refractivity contribution is -0.141. The summed E-state index contributed by atoms with van der Waals surface area (Å²) in [4.78, 5) is 29.8. The van der Waals surface area contributed by atoms with Gasteiger partial charge in [0.15, 0.2) is 0 Å². The molecule has 12 heteroatoms. The number of nitrogens with zero attached hydrogens (tertiary/aromatic N) is 2. The molecule has 3 heterocycles. The third-order valence-corrected chi connectivity index (χ3v) is 5.42. The summed E-state index contributed by atoms with van der Waals surface area (Å²) in [5, 5.41) is 21.0. The highest BCUT2D eigenvalue weighted by molar-refractivity contribution is 7.07. The molecule has 1 saturated heterocycles. The number of carbonyl (C=O) groups is 2. The molecule has 0 saturated carbocycles. The molecule has 1 aromatic carbocycles. The van der Waals surface area contributed by atoms with Crippen LogP contribution >= 0.6 is 23.7 Å². The number of fused-ring (bicyclic) bond motifs is 1. The summed E-state index contributed by atoms with van der Waals surface area (Å²) in [5.41, 5.74) is 8.69. The molecule has 1 amide bonds. The van der Waals surface area contributed by atoms with Gasteiger partial charge in [-0.15, -0.1) is 23.7 Å². The molecule has 4 N–H and O–H groups in total. The second-order valence-electron chi connectivity index (χ2n) is 6.72. The first kappa shape index (κ1) is 21.4. The third kappa shape index (κ3) is 4.18. The number of nitrogens with two attached hydrogens (primary N) is 1. The van der Waals surface area contributed by atoms with Gasteiger partial charge in [-0.2, -0.15) is 0 Å². The monoisotopic (exact) mass is 439 g/mol. The van der Waals surface area contributed by atoms with Crippen LogP contribution in [0.5, 0.6) is 11.5 Å². The Balaban J connectivity index is 0.00000240. The van der Waals surface area contributed by atoms with Gasteiger partial charge in [0.05, 0.1) is 24.3 Å². The largest absolute Gasteiger partial charge is 0.535 e. The zero-order valence-corrected chi connectivity index (χ0v) is 16.8. The molecule has 4 rings (SSSR count). The average molecular weight is 440 g/mol. The summed E-state index contributed by atoms with van der Waals surface area (Å²) in [7, 11) is -1.04. The van der Waals surface area contributed by atoms with Crippen LogP contribution in [0.4, 0.5) is 0 Å². The standard InChI is InChI=1S/C17H18BN3O6S.ClH/c19-14(11-7-28-8-20-11)16(22)21-5-10(6-21)26-12-2-1-9-3-4-18(25)27-15(9)13(12)17(23)24;/h1-2,7-8,10,14,25H,3-6,19H2,(H,23,24);1H. The Morgan fingerprint density at radius 2 is 2.17 bits per heavy atom. The molecule has 9 nitrogen and oxygen atoms in total. The number of ether oxygens (including phenoxy) is 1. The summed E-state index contributed by atoms with van der Waals surface area (Å²) in [5.74, 6) is -1.15. The zero-order chi connectivity index (χ0) is 19.8. The highest BCUT2D eigenvalue weighted by Gasteiger charge is 2.37. The van der Waals surface area contributed by atoms with Crippen molar-refractivity contribution >= 4 is 42.7 Å². The number of likely N-dealkylation sites (tertiary alicyclic amines) is 1. The van der Waals surface area contributed by atoms with Crippen LogP contribution in [0, 0.1) is 0 Å². The van der Waals surface area contributed by atoms with E-state index < -0.39 is 19.1 Å². The molecular formula is C17H19BClN3O6S. The maximum atomic E-state index is 12.4. The second kappa shape index (κ2) is 8.58. The highest BCUT2D eigenvalue weighted by atomic mass is 35.5. The number of aromatic carboxylic acids is 1. The van der Waals surface area contributed by atoms with Crippen LogP contribution in [0.25, 0.3) is 0 Å². The molecule has 1 unspecified atom stereocenters. The van der Waals surface area contributed by atoms with E-state index in [9.17, 15) is 19.7 Å². The second-order valence-corrected chi connectivity index (χ2v) is 7.44. The molecular weight excluding hydrogens is 421 g/mol. The molecule has 2 aliphatic rings. The number of carboxylic acids is 1. The number of amides is 1. The van der Waals surface area contributed by atoms with Gasteiger partial charge in [0.1, 0.15) is 29.2 Å². The third-order valence-electron chi connectivity index (χ3n) is 4.82. The Labute approximate surface area is 177 Å². The molecule has 2 aliphatic heterocycles. The highest BCUT2D eigenvalue weighted by Crippen LogP contribution is 2.37. The molecule has 0 radical (unpaired) electrons. The number of aryl methyl sites for hydroxylation is 1. The number of carboxylic acid groups (broad SMARTS) is 1. The normalized spacial score (nSPS) is 16.8. The van der Waals surface area contributed by atoms with Crippen molar-refractivity contribution in [3.8, 4) is 11.5 Å². The molecule has 0 bridgehead atoms. The first-order valence-electron chi connectivity index (χ1n) is 8.77. The quantitative estimate of drug-likeness (QED) is 0.586. The van der Waals surface area contributed by atoms with E-state index in [0.717, 1.165) is 5.56 Å². The van der Waals surface area contributed by atoms with Gasteiger partial charge in [-0.3, -0.25) is 4.79 Å². The Hall–Kier alpha value is -2.34. The first-order chi connectivity index (χ1) is 13.4. The molecule has 2 aromatic rings. The van der Waals surface area contributed by atoms with Gasteiger partial charge < -0.3 is 30.2 Å². The van der Waals surface area contributed by atoms with Gasteiger partial charge in [-0.1, -0.05) is 6.07 Å². The van der Waals surface area contributed by atoms with Crippen LogP contribution < -0.4 is 15.1 Å². The predicted molar refractivity (Wildman–Crippen MR) is 108 cm³/mol. The Morgan fingerprint density at radius 1 is 1.41 bits per heavy atom. The van der Waals surface area contributed by atoms with E-state index >= 15 is 0 Å². The Bertz CT molecular complexity index is 909. The maximum absolute atomic E-state index is 12.4. The van der Waals surface area contributed by atoms with Crippen LogP contribution in [0.3, 0.4) is 0 Å². The fourth-order valence-corrected chi connectivity index (χ4v) is 3.88. The SMILES string of the molecule is Cl.NC(C(=O)N1CC(Oc2ccc3c(c2C(=O)O)OB(O)CC3)C1)c1cscn1. The number of halogens is 1. The zero-order valence-electron chi connectivity index (χ0n) is 15.2. The number of hydrogen-bond acceptors (Lipinski definition) is 8. The number of thiazole rings is 1. The molecule has 1 atom stereocenters. The fourth-order valence-electron chi connectivity index (χ4n) is 3.28. The molecule has 1 fully saturated rings. The first-order valence-corrected chi connectivity index (χ1v) is 9.71. The van der Waals surface area contributed by atoms with Crippen LogP contribution in [0.2, 0.25) is 6.32 Å². The molecule has 154 valence electrons. The van der Waals surface area contributed by atoms with Crippen LogP contribution in [0.1, 0.15) is 27.7 Å². The van der Waals surface area contributed by atoms with E-state index in [-0.39, 0.29) is 41.5 Å². The van der Waals surface area contributed by atoms with Gasteiger partial charge in [0.2, 0.25) is 5.91 Å². The summed E-state index contributed by atoms with van der Waals surface area (Å²) < 4.78 is 11.1. The lowest BCUT2D eigenvalue weighted by Gasteiger charge is -2.40. The topological polar surface area (TPSA) is 135 Å². The van der Waals surface area contributed by atoms with Crippen molar-refractivity contribution in [1.82, 2.24) is 9.88 Å². The van der Waals surface area contributed by atoms with Crippen molar-refractivity contribution in [1.29, 1.82) is 0 Å². The minimum atomic E-state index is -1.20. The predicted octanol–water partition coefficient (Wildman–Crippen LogP) is 0.968. The van der Waals surface area contributed by atoms with Crippen molar-refractivity contribution in [3.63, 3.8) is 0 Å². The van der Waals surface area contributed by atoms with Crippen molar-refractivity contribution < 1.29 is 29.1 Å². The summed E-state index contributed by atoms with van der Waals surface area (Å²) in [6, 6.07) is 2.51. The van der Waals surface area contributed by atoms with Crippen LogP contribution in [-0.4, -0.2) is 58.2 Å². The van der Waals surface area contributed by atoms with E-state index in [1.807, 2.05) is 0 Å². The molecule has 0 aliphatic carbocycles. The van der Waals surface area contributed by atoms with Gasteiger partial charge >= 0.3 is 13.1 Å². The summed E-state index contributed by atoms with van der Waals surface area (Å²) in [6.07, 6.45) is 0.582. The number of benzene rings is 1. The summed E-state index contributed by atoms with van der Waals surface area (Å²) in [6.45, 7) is 0.604. The maximum Gasteiger partial charge on any atom is 0.522 e. The summed E-state index contributed by atoms with van der Waals surface area (Å²) >= 11 is 1.37. The van der Waals surface area contributed by atoms with E-state index in [1.54, 1.807) is 27.9 Å². The Morgan fingerprint density at radius 3 is 2.83 bits per heavy atom. The molecule has 29 heavy (non-hydrogen) atoms. The lowest BCUT2D eigenvalue weighted by Crippen LogP contribution is -2.58. The number of rotatable bonds is 5. The van der Waals surface area contributed by atoms with Crippen molar-refractivity contribution in [2.45, 2.75) is 24.9 Å². The smallest absolute Gasteiger partial charge is 0.522 e. The Kier molecular flexibility index (Phi) is 6.32. The minimum Gasteiger partial charge on any atom is -0.535 e.